The highest BCUT2D eigenvalue weighted by atomic mass is 19.4. The molecule has 2 heterocycles. The largest absolute Gasteiger partial charge is 0.416 e. The van der Waals surface area contributed by atoms with E-state index in [0.717, 1.165) is 17.7 Å². The van der Waals surface area contributed by atoms with E-state index in [1.54, 1.807) is 0 Å². The summed E-state index contributed by atoms with van der Waals surface area (Å²) >= 11 is 0. The van der Waals surface area contributed by atoms with Crippen molar-refractivity contribution in [2.24, 2.45) is 0 Å². The maximum atomic E-state index is 12.9. The molecule has 0 atom stereocenters. The smallest absolute Gasteiger partial charge is 0.350 e. The average Bonchev–Trinajstić information content (AvgIpc) is 2.81. The summed E-state index contributed by atoms with van der Waals surface area (Å²) < 4.78 is 38.8. The van der Waals surface area contributed by atoms with Crippen LogP contribution < -0.4 is 16.0 Å². The molecule has 142 valence electrons. The molecule has 9 heteroatoms. The summed E-state index contributed by atoms with van der Waals surface area (Å²) in [4.78, 5) is 20.8. The Morgan fingerprint density at radius 3 is 2.54 bits per heavy atom. The van der Waals surface area contributed by atoms with Crippen LogP contribution in [0, 0.1) is 0 Å². The molecule has 2 aromatic carbocycles. The highest BCUT2D eigenvalue weighted by molar-refractivity contribution is 6.11. The number of hydrogen-bond acceptors (Lipinski definition) is 5. The molecule has 0 fully saturated rings. The maximum absolute atomic E-state index is 12.9. The SMILES string of the molecule is O=C1Nc2cc(C(F)(F)F)ccc2Nc2nc(NCc3ccccc3)ncc21. The van der Waals surface area contributed by atoms with Gasteiger partial charge in [-0.15, -0.1) is 0 Å². The van der Waals surface area contributed by atoms with E-state index in [-0.39, 0.29) is 17.1 Å². The Bertz CT molecular complexity index is 1040. The van der Waals surface area contributed by atoms with E-state index in [1.165, 1.54) is 12.3 Å². The second-order valence-electron chi connectivity index (χ2n) is 6.13. The van der Waals surface area contributed by atoms with Crippen LogP contribution in [0.15, 0.2) is 54.7 Å². The fourth-order valence-electron chi connectivity index (χ4n) is 2.76. The van der Waals surface area contributed by atoms with Gasteiger partial charge in [-0.05, 0) is 23.8 Å². The van der Waals surface area contributed by atoms with Gasteiger partial charge in [0.1, 0.15) is 11.4 Å². The molecule has 0 saturated carbocycles. The maximum Gasteiger partial charge on any atom is 0.416 e. The first-order valence-electron chi connectivity index (χ1n) is 8.34. The lowest BCUT2D eigenvalue weighted by atomic mass is 10.1. The van der Waals surface area contributed by atoms with Crippen LogP contribution in [-0.2, 0) is 12.7 Å². The lowest BCUT2D eigenvalue weighted by Gasteiger charge is -2.12. The molecule has 0 unspecified atom stereocenters. The van der Waals surface area contributed by atoms with Crippen molar-refractivity contribution < 1.29 is 18.0 Å². The van der Waals surface area contributed by atoms with Gasteiger partial charge in [-0.25, -0.2) is 4.98 Å². The fraction of sp³-hybridized carbons (Fsp3) is 0.105. The molecule has 0 bridgehead atoms. The molecule has 4 rings (SSSR count). The minimum absolute atomic E-state index is 0.0246. The third kappa shape index (κ3) is 3.59. The number of aromatic nitrogens is 2. The Morgan fingerprint density at radius 2 is 1.79 bits per heavy atom. The Hall–Kier alpha value is -3.62. The van der Waals surface area contributed by atoms with Gasteiger partial charge >= 0.3 is 6.18 Å². The number of alkyl halides is 3. The molecule has 1 aromatic heterocycles. The number of nitrogens with zero attached hydrogens (tertiary/aromatic N) is 2. The number of carbonyl (C=O) groups is 1. The summed E-state index contributed by atoms with van der Waals surface area (Å²) in [5.41, 5.74) is 0.645. The standard InChI is InChI=1S/C19H14F3N5O/c20-19(21,22)12-6-7-14-15(8-12)26-17(28)13-10-24-18(27-16(13)25-14)23-9-11-4-2-1-3-5-11/h1-8,10H,9H2,(H,26,28)(H2,23,24,25,27). The summed E-state index contributed by atoms with van der Waals surface area (Å²) in [6.45, 7) is 0.483. The van der Waals surface area contributed by atoms with Crippen molar-refractivity contribution in [1.82, 2.24) is 9.97 Å². The van der Waals surface area contributed by atoms with E-state index in [2.05, 4.69) is 25.9 Å². The minimum atomic E-state index is -4.51. The van der Waals surface area contributed by atoms with Gasteiger partial charge in [0.05, 0.1) is 16.9 Å². The van der Waals surface area contributed by atoms with Crippen molar-refractivity contribution in [3.05, 3.63) is 71.4 Å². The van der Waals surface area contributed by atoms with Gasteiger partial charge in [0.2, 0.25) is 5.95 Å². The number of halogens is 3. The van der Waals surface area contributed by atoms with Crippen molar-refractivity contribution in [1.29, 1.82) is 0 Å². The van der Waals surface area contributed by atoms with E-state index in [0.29, 0.717) is 18.2 Å². The lowest BCUT2D eigenvalue weighted by Crippen LogP contribution is -2.13. The van der Waals surface area contributed by atoms with Crippen molar-refractivity contribution >= 4 is 29.0 Å². The number of anilines is 4. The van der Waals surface area contributed by atoms with Gasteiger partial charge < -0.3 is 16.0 Å². The average molecular weight is 385 g/mol. The highest BCUT2D eigenvalue weighted by Crippen LogP contribution is 2.37. The van der Waals surface area contributed by atoms with Gasteiger partial charge in [-0.2, -0.15) is 18.2 Å². The number of carbonyl (C=O) groups excluding carboxylic acids is 1. The minimum Gasteiger partial charge on any atom is -0.350 e. The summed E-state index contributed by atoms with van der Waals surface area (Å²) in [6, 6.07) is 12.7. The van der Waals surface area contributed by atoms with Crippen LogP contribution in [-0.4, -0.2) is 15.9 Å². The second kappa shape index (κ2) is 6.84. The van der Waals surface area contributed by atoms with Crippen LogP contribution in [0.1, 0.15) is 21.5 Å². The first-order chi connectivity index (χ1) is 13.4. The first kappa shape index (κ1) is 17.8. The zero-order chi connectivity index (χ0) is 19.7. The summed E-state index contributed by atoms with van der Waals surface area (Å²) in [5, 5.41) is 8.43. The van der Waals surface area contributed by atoms with Crippen LogP contribution in [0.25, 0.3) is 0 Å². The normalized spacial score (nSPS) is 12.9. The Morgan fingerprint density at radius 1 is 1.00 bits per heavy atom. The van der Waals surface area contributed by atoms with Crippen LogP contribution in [0.2, 0.25) is 0 Å². The van der Waals surface area contributed by atoms with E-state index >= 15 is 0 Å². The predicted molar refractivity (Wildman–Crippen MR) is 98.5 cm³/mol. The van der Waals surface area contributed by atoms with Gasteiger partial charge in [-0.1, -0.05) is 30.3 Å². The van der Waals surface area contributed by atoms with E-state index < -0.39 is 17.6 Å². The topological polar surface area (TPSA) is 78.9 Å². The molecule has 1 aliphatic heterocycles. The zero-order valence-corrected chi connectivity index (χ0v) is 14.3. The Kier molecular flexibility index (Phi) is 4.34. The first-order valence-corrected chi connectivity index (χ1v) is 8.34. The molecule has 28 heavy (non-hydrogen) atoms. The number of amides is 1. The zero-order valence-electron chi connectivity index (χ0n) is 14.3. The molecule has 6 nitrogen and oxygen atoms in total. The van der Waals surface area contributed by atoms with Crippen molar-refractivity contribution in [3.63, 3.8) is 0 Å². The second-order valence-corrected chi connectivity index (χ2v) is 6.13. The molecule has 1 amide bonds. The third-order valence-electron chi connectivity index (χ3n) is 4.18. The molecule has 0 spiro atoms. The number of fused-ring (bicyclic) bond motifs is 2. The Balaban J connectivity index is 1.61. The summed E-state index contributed by atoms with van der Waals surface area (Å²) in [5.74, 6) is -0.0879. The number of rotatable bonds is 3. The molecule has 0 aliphatic carbocycles. The van der Waals surface area contributed by atoms with Crippen LogP contribution in [0.3, 0.4) is 0 Å². The number of nitrogens with one attached hydrogen (secondary N) is 3. The number of benzene rings is 2. The van der Waals surface area contributed by atoms with Gasteiger partial charge in [0, 0.05) is 12.7 Å². The van der Waals surface area contributed by atoms with E-state index in [1.807, 2.05) is 30.3 Å². The van der Waals surface area contributed by atoms with E-state index in [9.17, 15) is 18.0 Å². The van der Waals surface area contributed by atoms with Crippen molar-refractivity contribution in [2.45, 2.75) is 12.7 Å². The van der Waals surface area contributed by atoms with Gasteiger partial charge in [0.15, 0.2) is 0 Å². The summed E-state index contributed by atoms with van der Waals surface area (Å²) in [6.07, 6.45) is -3.18. The Labute approximate surface area is 157 Å². The monoisotopic (exact) mass is 385 g/mol. The van der Waals surface area contributed by atoms with E-state index in [4.69, 9.17) is 0 Å². The molecular formula is C19H14F3N5O. The predicted octanol–water partition coefficient (Wildman–Crippen LogP) is 4.42. The fourth-order valence-corrected chi connectivity index (χ4v) is 2.76. The molecule has 0 radical (unpaired) electrons. The molecule has 0 saturated heterocycles. The summed E-state index contributed by atoms with van der Waals surface area (Å²) in [7, 11) is 0. The van der Waals surface area contributed by atoms with Crippen LogP contribution in [0.5, 0.6) is 0 Å². The molecule has 3 aromatic rings. The number of hydrogen-bond donors (Lipinski definition) is 3. The van der Waals surface area contributed by atoms with Crippen LogP contribution in [0.4, 0.5) is 36.3 Å². The molecule has 3 N–H and O–H groups in total. The van der Waals surface area contributed by atoms with Crippen molar-refractivity contribution in [2.75, 3.05) is 16.0 Å². The lowest BCUT2D eigenvalue weighted by molar-refractivity contribution is -0.137. The molecular weight excluding hydrogens is 371 g/mol. The molecule has 1 aliphatic rings. The van der Waals surface area contributed by atoms with Crippen LogP contribution >= 0.6 is 0 Å². The van der Waals surface area contributed by atoms with Crippen molar-refractivity contribution in [3.8, 4) is 0 Å². The quantitative estimate of drug-likeness (QED) is 0.622. The highest BCUT2D eigenvalue weighted by Gasteiger charge is 2.32. The van der Waals surface area contributed by atoms with Gasteiger partial charge in [-0.3, -0.25) is 4.79 Å². The third-order valence-corrected chi connectivity index (χ3v) is 4.18. The van der Waals surface area contributed by atoms with Gasteiger partial charge in [0.25, 0.3) is 5.91 Å².